The molecule has 224 valence electrons. The maximum atomic E-state index is 13.1. The van der Waals surface area contributed by atoms with Gasteiger partial charge in [-0.15, -0.1) is 10.2 Å². The number of rotatable bonds is 11. The van der Waals surface area contributed by atoms with Crippen LogP contribution in [-0.2, 0) is 6.54 Å². The Balaban J connectivity index is 1.39. The number of nitrogens with zero attached hydrogens (tertiary/aromatic N) is 7. The minimum atomic E-state index is -0.417. The molecule has 0 spiro atoms. The van der Waals surface area contributed by atoms with Crippen molar-refractivity contribution in [1.29, 1.82) is 0 Å². The third kappa shape index (κ3) is 5.66. The van der Waals surface area contributed by atoms with Gasteiger partial charge in [0.25, 0.3) is 11.4 Å². The van der Waals surface area contributed by atoms with Gasteiger partial charge in [0, 0.05) is 37.2 Å². The topological polar surface area (TPSA) is 149 Å². The van der Waals surface area contributed by atoms with Gasteiger partial charge in [0.1, 0.15) is 11.6 Å². The van der Waals surface area contributed by atoms with Crippen LogP contribution in [0.4, 0.5) is 17.3 Å². The average Bonchev–Trinajstić information content (AvgIpc) is 3.64. The fraction of sp³-hybridized carbons (Fsp3) is 0.250. The number of benzene rings is 1. The molecule has 44 heavy (non-hydrogen) atoms. The monoisotopic (exact) mass is 591 g/mol. The summed E-state index contributed by atoms with van der Waals surface area (Å²) in [7, 11) is 0. The van der Waals surface area contributed by atoms with E-state index in [1.807, 2.05) is 61.9 Å². The summed E-state index contributed by atoms with van der Waals surface area (Å²) in [6, 6.07) is 18.3. The molecular formula is C32H33N9O3. The predicted molar refractivity (Wildman–Crippen MR) is 169 cm³/mol. The van der Waals surface area contributed by atoms with E-state index >= 15 is 0 Å². The van der Waals surface area contributed by atoms with Crippen molar-refractivity contribution in [2.24, 2.45) is 0 Å². The van der Waals surface area contributed by atoms with Crippen molar-refractivity contribution >= 4 is 28.4 Å². The lowest BCUT2D eigenvalue weighted by Crippen LogP contribution is -2.24. The lowest BCUT2D eigenvalue weighted by molar-refractivity contribution is 0.276. The van der Waals surface area contributed by atoms with E-state index < -0.39 is 6.04 Å². The van der Waals surface area contributed by atoms with Gasteiger partial charge in [0.05, 0.1) is 34.8 Å². The van der Waals surface area contributed by atoms with E-state index in [9.17, 15) is 9.90 Å². The number of anilines is 3. The SMILES string of the molecule is CCCn1c(=O)c2ccc(Nc3cc(N[C@H](CO)c4ccccc4)c(-c4nnc(-c5cccnc5)o4)cn3)nc2n1C(C)C. The molecule has 0 saturated heterocycles. The molecule has 0 aliphatic carbocycles. The molecule has 0 saturated carbocycles. The van der Waals surface area contributed by atoms with Crippen LogP contribution in [0.2, 0.25) is 0 Å². The van der Waals surface area contributed by atoms with Crippen LogP contribution < -0.4 is 16.2 Å². The van der Waals surface area contributed by atoms with Crippen LogP contribution >= 0.6 is 0 Å². The van der Waals surface area contributed by atoms with Crippen LogP contribution in [0.1, 0.15) is 44.8 Å². The summed E-state index contributed by atoms with van der Waals surface area (Å²) in [6.45, 7) is 6.57. The summed E-state index contributed by atoms with van der Waals surface area (Å²) in [5.74, 6) is 1.61. The van der Waals surface area contributed by atoms with Crippen molar-refractivity contribution in [3.05, 3.63) is 95.2 Å². The number of pyridine rings is 3. The Bertz CT molecular complexity index is 1930. The van der Waals surface area contributed by atoms with Gasteiger partial charge in [-0.3, -0.25) is 14.5 Å². The van der Waals surface area contributed by atoms with E-state index in [1.54, 1.807) is 47.5 Å². The highest BCUT2D eigenvalue weighted by Gasteiger charge is 2.20. The van der Waals surface area contributed by atoms with Crippen molar-refractivity contribution in [3.8, 4) is 22.9 Å². The van der Waals surface area contributed by atoms with Crippen LogP contribution in [0, 0.1) is 0 Å². The first-order chi connectivity index (χ1) is 21.5. The summed E-state index contributed by atoms with van der Waals surface area (Å²) in [4.78, 5) is 26.7. The molecule has 0 amide bonds. The Hall–Kier alpha value is -5.36. The number of hydrogen-bond donors (Lipinski definition) is 3. The molecule has 0 bridgehead atoms. The predicted octanol–water partition coefficient (Wildman–Crippen LogP) is 5.59. The van der Waals surface area contributed by atoms with E-state index in [1.165, 1.54) is 0 Å². The molecule has 0 aliphatic heterocycles. The van der Waals surface area contributed by atoms with Crippen molar-refractivity contribution < 1.29 is 9.52 Å². The lowest BCUT2D eigenvalue weighted by Gasteiger charge is -2.20. The molecule has 0 fully saturated rings. The smallest absolute Gasteiger partial charge is 0.276 e. The van der Waals surface area contributed by atoms with E-state index in [2.05, 4.69) is 30.8 Å². The van der Waals surface area contributed by atoms with Crippen LogP contribution in [-0.4, -0.2) is 46.2 Å². The molecular weight excluding hydrogens is 558 g/mol. The number of aliphatic hydroxyl groups excluding tert-OH is 1. The normalized spacial score (nSPS) is 12.1. The highest BCUT2D eigenvalue weighted by Crippen LogP contribution is 2.33. The zero-order valence-corrected chi connectivity index (χ0v) is 24.7. The molecule has 5 heterocycles. The molecule has 6 aromatic rings. The Morgan fingerprint density at radius 1 is 0.977 bits per heavy atom. The van der Waals surface area contributed by atoms with E-state index in [4.69, 9.17) is 9.40 Å². The molecule has 6 rings (SSSR count). The number of fused-ring (bicyclic) bond motifs is 1. The first-order valence-corrected chi connectivity index (χ1v) is 14.5. The Kier molecular flexibility index (Phi) is 8.15. The fourth-order valence-electron chi connectivity index (χ4n) is 5.15. The molecule has 1 aromatic carbocycles. The third-order valence-corrected chi connectivity index (χ3v) is 7.18. The molecule has 5 aromatic heterocycles. The van der Waals surface area contributed by atoms with Crippen molar-refractivity contribution in [2.75, 3.05) is 17.2 Å². The molecule has 12 heteroatoms. The van der Waals surface area contributed by atoms with E-state index in [0.29, 0.717) is 51.9 Å². The van der Waals surface area contributed by atoms with Crippen LogP contribution in [0.3, 0.4) is 0 Å². The van der Waals surface area contributed by atoms with Gasteiger partial charge in [0.15, 0.2) is 5.65 Å². The second-order valence-corrected chi connectivity index (χ2v) is 10.6. The first kappa shape index (κ1) is 28.7. The average molecular weight is 592 g/mol. The van der Waals surface area contributed by atoms with Crippen LogP contribution in [0.15, 0.2) is 88.5 Å². The molecule has 12 nitrogen and oxygen atoms in total. The number of aliphatic hydroxyl groups is 1. The van der Waals surface area contributed by atoms with Crippen LogP contribution in [0.5, 0.6) is 0 Å². The third-order valence-electron chi connectivity index (χ3n) is 7.18. The standard InChI is InChI=1S/C32H33N9O3/c1-4-15-40-32(43)23-12-13-27(37-29(23)41(40)20(2)3)36-28-16-25(35-26(19-42)21-9-6-5-7-10-21)24(18-34-28)31-39-38-30(44-31)22-11-8-14-33-17-22/h5-14,16-18,20,26,42H,4,15,19H2,1-3H3,(H2,34,35,36,37)/t26-/m1/s1. The Morgan fingerprint density at radius 3 is 2.52 bits per heavy atom. The molecule has 0 aliphatic rings. The van der Waals surface area contributed by atoms with E-state index in [0.717, 1.165) is 12.0 Å². The number of hydrogen-bond acceptors (Lipinski definition) is 10. The Labute approximate surface area is 253 Å². The van der Waals surface area contributed by atoms with Crippen molar-refractivity contribution in [1.82, 2.24) is 34.5 Å². The maximum absolute atomic E-state index is 13.1. The van der Waals surface area contributed by atoms with Gasteiger partial charge in [-0.2, -0.15) is 0 Å². The number of aromatic nitrogens is 7. The summed E-state index contributed by atoms with van der Waals surface area (Å²) < 4.78 is 9.72. The summed E-state index contributed by atoms with van der Waals surface area (Å²) in [5, 5.41) is 26.1. The van der Waals surface area contributed by atoms with Crippen molar-refractivity contribution in [3.63, 3.8) is 0 Å². The molecule has 1 atom stereocenters. The lowest BCUT2D eigenvalue weighted by atomic mass is 10.1. The molecule has 3 N–H and O–H groups in total. The second-order valence-electron chi connectivity index (χ2n) is 10.6. The zero-order valence-electron chi connectivity index (χ0n) is 24.7. The van der Waals surface area contributed by atoms with E-state index in [-0.39, 0.29) is 24.1 Å². The first-order valence-electron chi connectivity index (χ1n) is 14.5. The Morgan fingerprint density at radius 2 is 1.80 bits per heavy atom. The molecule has 0 radical (unpaired) electrons. The number of nitrogens with one attached hydrogen (secondary N) is 2. The highest BCUT2D eigenvalue weighted by molar-refractivity contribution is 5.79. The largest absolute Gasteiger partial charge is 0.416 e. The summed E-state index contributed by atoms with van der Waals surface area (Å²) in [5.41, 5.74) is 3.33. The minimum Gasteiger partial charge on any atom is -0.416 e. The summed E-state index contributed by atoms with van der Waals surface area (Å²) >= 11 is 0. The molecule has 0 unspecified atom stereocenters. The minimum absolute atomic E-state index is 0.0436. The van der Waals surface area contributed by atoms with Crippen molar-refractivity contribution in [2.45, 2.75) is 45.8 Å². The van der Waals surface area contributed by atoms with Gasteiger partial charge in [0.2, 0.25) is 5.89 Å². The van der Waals surface area contributed by atoms with Gasteiger partial charge in [-0.25, -0.2) is 14.6 Å². The zero-order chi connectivity index (χ0) is 30.6. The second kappa shape index (κ2) is 12.5. The maximum Gasteiger partial charge on any atom is 0.276 e. The van der Waals surface area contributed by atoms with Gasteiger partial charge < -0.3 is 20.2 Å². The quantitative estimate of drug-likeness (QED) is 0.174. The van der Waals surface area contributed by atoms with Crippen LogP contribution in [0.25, 0.3) is 33.9 Å². The van der Waals surface area contributed by atoms with Gasteiger partial charge >= 0.3 is 0 Å². The highest BCUT2D eigenvalue weighted by atomic mass is 16.4. The fourth-order valence-corrected chi connectivity index (χ4v) is 5.15. The van der Waals surface area contributed by atoms with Gasteiger partial charge in [-0.05, 0) is 50.1 Å². The summed E-state index contributed by atoms with van der Waals surface area (Å²) in [6.07, 6.45) is 5.79. The van der Waals surface area contributed by atoms with Gasteiger partial charge in [-0.1, -0.05) is 37.3 Å².